The van der Waals surface area contributed by atoms with Crippen molar-refractivity contribution >= 4 is 45.2 Å². The topological polar surface area (TPSA) is 53.6 Å². The summed E-state index contributed by atoms with van der Waals surface area (Å²) >= 11 is 1.19. The first-order valence-electron chi connectivity index (χ1n) is 12.5. The van der Waals surface area contributed by atoms with Crippen molar-refractivity contribution in [2.24, 2.45) is 0 Å². The smallest absolute Gasteiger partial charge is 0.393 e. The number of alkyl halides is 4. The van der Waals surface area contributed by atoms with Gasteiger partial charge in [0.1, 0.15) is 19.1 Å². The summed E-state index contributed by atoms with van der Waals surface area (Å²) in [4.78, 5) is 2.26. The number of rotatable bonds is 7. The molecule has 1 saturated heterocycles. The van der Waals surface area contributed by atoms with Crippen molar-refractivity contribution in [3.8, 4) is 17.6 Å². The number of thiophene rings is 1. The number of piperidine rings is 1. The van der Waals surface area contributed by atoms with E-state index in [1.165, 1.54) is 18.4 Å². The number of anilines is 2. The first-order chi connectivity index (χ1) is 18.4. The molecule has 2 atom stereocenters. The summed E-state index contributed by atoms with van der Waals surface area (Å²) in [5.74, 6) is 6.37. The molecule has 0 spiro atoms. The maximum atomic E-state index is 14.7. The lowest BCUT2D eigenvalue weighted by Gasteiger charge is -2.33. The van der Waals surface area contributed by atoms with E-state index in [2.05, 4.69) is 22.5 Å². The fourth-order valence-corrected chi connectivity index (χ4v) is 6.64. The zero-order valence-corrected chi connectivity index (χ0v) is 24.0. The van der Waals surface area contributed by atoms with E-state index in [1.54, 1.807) is 49.7 Å². The number of hydrogen-bond acceptors (Lipinski definition) is 6. The van der Waals surface area contributed by atoms with Crippen molar-refractivity contribution in [2.75, 3.05) is 57.8 Å². The maximum absolute atomic E-state index is 14.7. The highest BCUT2D eigenvalue weighted by Gasteiger charge is 2.32. The number of nitrogens with one attached hydrogen (secondary N) is 2. The lowest BCUT2D eigenvalue weighted by molar-refractivity contribution is -0.126. The number of benzene rings is 2. The van der Waals surface area contributed by atoms with Gasteiger partial charge in [0.2, 0.25) is 0 Å². The molecule has 2 aromatic carbocycles. The Morgan fingerprint density at radius 3 is 2.64 bits per heavy atom. The lowest BCUT2D eigenvalue weighted by Crippen LogP contribution is -2.46. The van der Waals surface area contributed by atoms with Crippen LogP contribution in [0.4, 0.5) is 28.9 Å². The van der Waals surface area contributed by atoms with E-state index in [-0.39, 0.29) is 12.1 Å². The summed E-state index contributed by atoms with van der Waals surface area (Å²) < 4.78 is 73.7. The summed E-state index contributed by atoms with van der Waals surface area (Å²) in [6.07, 6.45) is -5.98. The minimum Gasteiger partial charge on any atom is -0.495 e. The van der Waals surface area contributed by atoms with E-state index in [1.807, 2.05) is 11.9 Å². The largest absolute Gasteiger partial charge is 0.495 e. The highest BCUT2D eigenvalue weighted by molar-refractivity contribution is 7.70. The zero-order chi connectivity index (χ0) is 28.4. The van der Waals surface area contributed by atoms with Gasteiger partial charge in [-0.3, -0.25) is 0 Å². The van der Waals surface area contributed by atoms with E-state index >= 15 is 0 Å². The monoisotopic (exact) mass is 581 g/mol. The highest BCUT2D eigenvalue weighted by atomic mass is 32.1. The maximum Gasteiger partial charge on any atom is 0.393 e. The van der Waals surface area contributed by atoms with Crippen LogP contribution in [0.25, 0.3) is 10.1 Å². The number of halogens is 4. The standard InChI is InChI=1S/C28H32F4N3O2PS/c1-35-14-12-22(21(29)17-35)34-24-8-5-7-19-20(16-28(30,31)32)26(39-27(19)24)9-6-13-33-23-11-10-18(38(3,4)36)15-25(23)37-2/h5,7-8,10-11,15,21-22,33-34H,12-14,16-17H2,1-4H3/t21-,22+/m0/s1. The molecule has 3 aromatic rings. The third-order valence-electron chi connectivity index (χ3n) is 6.66. The third kappa shape index (κ3) is 7.27. The molecule has 4 rings (SSSR count). The molecule has 0 bridgehead atoms. The van der Waals surface area contributed by atoms with Crippen LogP contribution in [0, 0.1) is 11.8 Å². The molecule has 5 nitrogen and oxygen atoms in total. The third-order valence-corrected chi connectivity index (χ3v) is 9.38. The average Bonchev–Trinajstić information content (AvgIpc) is 3.19. The van der Waals surface area contributed by atoms with Crippen LogP contribution >= 0.6 is 18.5 Å². The number of hydrogen-bond donors (Lipinski definition) is 2. The molecule has 0 unspecified atom stereocenters. The fourth-order valence-electron chi connectivity index (χ4n) is 4.60. The van der Waals surface area contributed by atoms with Crippen molar-refractivity contribution in [3.63, 3.8) is 0 Å². The fraction of sp³-hybridized carbons (Fsp3) is 0.429. The number of methoxy groups -OCH3 is 1. The first-order valence-corrected chi connectivity index (χ1v) is 15.9. The van der Waals surface area contributed by atoms with Crippen LogP contribution < -0.4 is 20.7 Å². The second kappa shape index (κ2) is 11.8. The van der Waals surface area contributed by atoms with Crippen molar-refractivity contribution in [1.82, 2.24) is 4.90 Å². The minimum absolute atomic E-state index is 0.127. The summed E-state index contributed by atoms with van der Waals surface area (Å²) in [5.41, 5.74) is 1.39. The van der Waals surface area contributed by atoms with Crippen molar-refractivity contribution in [2.45, 2.75) is 31.2 Å². The van der Waals surface area contributed by atoms with Gasteiger partial charge >= 0.3 is 6.18 Å². The van der Waals surface area contributed by atoms with Gasteiger partial charge in [-0.1, -0.05) is 24.0 Å². The predicted molar refractivity (Wildman–Crippen MR) is 153 cm³/mol. The van der Waals surface area contributed by atoms with Gasteiger partial charge in [-0.25, -0.2) is 4.39 Å². The molecule has 0 saturated carbocycles. The van der Waals surface area contributed by atoms with Gasteiger partial charge in [-0.05, 0) is 62.0 Å². The highest BCUT2D eigenvalue weighted by Crippen LogP contribution is 2.40. The van der Waals surface area contributed by atoms with Crippen molar-refractivity contribution in [1.29, 1.82) is 0 Å². The Hall–Kier alpha value is -2.73. The second-order valence-electron chi connectivity index (χ2n) is 10.1. The van der Waals surface area contributed by atoms with Gasteiger partial charge in [0.05, 0.1) is 47.1 Å². The average molecular weight is 582 g/mol. The first kappa shape index (κ1) is 29.3. The van der Waals surface area contributed by atoms with Crippen LogP contribution in [-0.4, -0.2) is 70.4 Å². The molecular weight excluding hydrogens is 549 g/mol. The van der Waals surface area contributed by atoms with Crippen molar-refractivity contribution < 1.29 is 26.9 Å². The molecule has 1 aromatic heterocycles. The summed E-state index contributed by atoms with van der Waals surface area (Å²) in [7, 11) is 0.912. The minimum atomic E-state index is -4.41. The van der Waals surface area contributed by atoms with Crippen LogP contribution in [0.2, 0.25) is 0 Å². The number of likely N-dealkylation sites (tertiary alicyclic amines) is 1. The Balaban J connectivity index is 1.60. The Bertz CT molecular complexity index is 1440. The second-order valence-corrected chi connectivity index (χ2v) is 14.3. The van der Waals surface area contributed by atoms with E-state index in [0.29, 0.717) is 50.4 Å². The molecule has 0 aliphatic carbocycles. The van der Waals surface area contributed by atoms with E-state index in [4.69, 9.17) is 4.74 Å². The molecule has 2 heterocycles. The Morgan fingerprint density at radius 2 is 1.97 bits per heavy atom. The Morgan fingerprint density at radius 1 is 1.21 bits per heavy atom. The van der Waals surface area contributed by atoms with Gasteiger partial charge in [0.25, 0.3) is 0 Å². The summed E-state index contributed by atoms with van der Waals surface area (Å²) in [5, 5.41) is 7.53. The van der Waals surface area contributed by atoms with Gasteiger partial charge < -0.3 is 24.8 Å². The quantitative estimate of drug-likeness (QED) is 0.198. The Kier molecular flexibility index (Phi) is 8.85. The van der Waals surface area contributed by atoms with E-state index in [0.717, 1.165) is 6.54 Å². The van der Waals surface area contributed by atoms with Crippen molar-refractivity contribution in [3.05, 3.63) is 46.8 Å². The molecular formula is C28H32F4N3O2PS. The molecule has 1 fully saturated rings. The van der Waals surface area contributed by atoms with Crippen LogP contribution in [-0.2, 0) is 11.0 Å². The van der Waals surface area contributed by atoms with Gasteiger partial charge in [-0.15, -0.1) is 11.3 Å². The molecule has 1 aliphatic rings. The normalized spacial score (nSPS) is 18.5. The molecule has 0 amide bonds. The molecule has 1 aliphatic heterocycles. The van der Waals surface area contributed by atoms with E-state index < -0.39 is 32.0 Å². The summed E-state index contributed by atoms with van der Waals surface area (Å²) in [6, 6.07) is 9.95. The van der Waals surface area contributed by atoms with Crippen LogP contribution in [0.5, 0.6) is 5.75 Å². The molecule has 2 N–H and O–H groups in total. The number of fused-ring (bicyclic) bond motifs is 1. The van der Waals surface area contributed by atoms with E-state index in [9.17, 15) is 22.1 Å². The molecule has 0 radical (unpaired) electrons. The lowest BCUT2D eigenvalue weighted by atomic mass is 10.0. The van der Waals surface area contributed by atoms with Crippen LogP contribution in [0.3, 0.4) is 0 Å². The predicted octanol–water partition coefficient (Wildman–Crippen LogP) is 6.18. The van der Waals surface area contributed by atoms with Gasteiger partial charge in [0, 0.05) is 18.4 Å². The number of ether oxygens (including phenoxy) is 1. The van der Waals surface area contributed by atoms with Gasteiger partial charge in [0.15, 0.2) is 0 Å². The summed E-state index contributed by atoms with van der Waals surface area (Å²) in [6.45, 7) is 4.56. The van der Waals surface area contributed by atoms with Gasteiger partial charge in [-0.2, -0.15) is 13.2 Å². The molecule has 210 valence electrons. The zero-order valence-electron chi connectivity index (χ0n) is 22.3. The number of nitrogens with zero attached hydrogens (tertiary/aromatic N) is 1. The van der Waals surface area contributed by atoms with Crippen LogP contribution in [0.1, 0.15) is 16.9 Å². The molecule has 39 heavy (non-hydrogen) atoms. The Labute approximate surface area is 230 Å². The molecule has 11 heteroatoms. The SMILES string of the molecule is COc1cc(P(C)(C)=O)ccc1NCC#Cc1sc2c(N[C@@H]3CCN(C)C[C@@H]3F)cccc2c1CC(F)(F)F. The van der Waals surface area contributed by atoms with Crippen LogP contribution in [0.15, 0.2) is 36.4 Å².